The topological polar surface area (TPSA) is 115 Å². The summed E-state index contributed by atoms with van der Waals surface area (Å²) in [6.45, 7) is 2.55. The lowest BCUT2D eigenvalue weighted by molar-refractivity contribution is 0.0736. The number of benzene rings is 1. The average molecular weight is 474 g/mol. The van der Waals surface area contributed by atoms with Gasteiger partial charge in [0.1, 0.15) is 0 Å². The van der Waals surface area contributed by atoms with Gasteiger partial charge in [-0.05, 0) is 60.2 Å². The van der Waals surface area contributed by atoms with Crippen LogP contribution < -0.4 is 5.69 Å². The number of hydrogen-bond acceptors (Lipinski definition) is 6. The van der Waals surface area contributed by atoms with Crippen LogP contribution in [0.25, 0.3) is 22.5 Å². The average Bonchev–Trinajstić information content (AvgIpc) is 3.53. The first-order chi connectivity index (χ1) is 17.1. The van der Waals surface area contributed by atoms with Crippen LogP contribution in [0, 0.1) is 0 Å². The summed E-state index contributed by atoms with van der Waals surface area (Å²) in [6, 6.07) is 11.8. The minimum atomic E-state index is -0.468. The lowest BCUT2D eigenvalue weighted by atomic mass is 9.92. The fraction of sp³-hybridized carbons (Fsp3) is 0.423. The third-order valence-corrected chi connectivity index (χ3v) is 6.86. The number of H-pyrrole nitrogens is 1. The molecule has 0 spiro atoms. The summed E-state index contributed by atoms with van der Waals surface area (Å²) in [7, 11) is 0. The zero-order valence-electron chi connectivity index (χ0n) is 20.0. The largest absolute Gasteiger partial charge is 0.391 e. The van der Waals surface area contributed by atoms with Gasteiger partial charge >= 0.3 is 5.69 Å². The number of unbranched alkanes of at least 4 members (excludes halogenated alkanes) is 1. The van der Waals surface area contributed by atoms with Crippen molar-refractivity contribution in [2.75, 3.05) is 0 Å². The zero-order valence-corrected chi connectivity index (χ0v) is 20.0. The molecule has 0 aliphatic heterocycles. The molecule has 0 radical (unpaired) electrons. The van der Waals surface area contributed by atoms with Crippen LogP contribution in [-0.2, 0) is 13.0 Å². The quantitative estimate of drug-likeness (QED) is 0.403. The van der Waals surface area contributed by atoms with Crippen molar-refractivity contribution < 1.29 is 5.11 Å². The summed E-state index contributed by atoms with van der Waals surface area (Å²) >= 11 is 0. The van der Waals surface area contributed by atoms with Crippen molar-refractivity contribution >= 4 is 0 Å². The third-order valence-electron chi connectivity index (χ3n) is 6.86. The van der Waals surface area contributed by atoms with E-state index in [0.29, 0.717) is 12.4 Å². The summed E-state index contributed by atoms with van der Waals surface area (Å²) in [5.74, 6) is 0.541. The van der Waals surface area contributed by atoms with Crippen LogP contribution in [0.1, 0.15) is 62.9 Å². The number of aromatic amines is 1. The van der Waals surface area contributed by atoms with Crippen LogP contribution in [0.2, 0.25) is 0 Å². The molecule has 2 atom stereocenters. The number of aliphatic hydroxyl groups is 1. The molecular weight excluding hydrogens is 442 g/mol. The molecule has 182 valence electrons. The number of pyridine rings is 1. The van der Waals surface area contributed by atoms with Gasteiger partial charge in [-0.2, -0.15) is 5.21 Å². The maximum Gasteiger partial charge on any atom is 0.329 e. The monoisotopic (exact) mass is 473 g/mol. The first kappa shape index (κ1) is 23.2. The van der Waals surface area contributed by atoms with E-state index < -0.39 is 6.10 Å². The molecule has 1 aromatic carbocycles. The highest BCUT2D eigenvalue weighted by molar-refractivity contribution is 5.70. The van der Waals surface area contributed by atoms with Crippen molar-refractivity contribution in [3.8, 4) is 22.5 Å². The van der Waals surface area contributed by atoms with E-state index in [1.807, 2.05) is 47.2 Å². The number of imidazole rings is 1. The van der Waals surface area contributed by atoms with E-state index in [2.05, 4.69) is 32.5 Å². The normalized spacial score (nSPS) is 18.1. The lowest BCUT2D eigenvalue weighted by Gasteiger charge is -2.27. The van der Waals surface area contributed by atoms with Gasteiger partial charge in [0, 0.05) is 23.7 Å². The molecule has 4 aromatic rings. The van der Waals surface area contributed by atoms with Gasteiger partial charge in [0.2, 0.25) is 5.82 Å². The van der Waals surface area contributed by atoms with Crippen LogP contribution in [0.3, 0.4) is 0 Å². The number of aryl methyl sites for hydroxylation is 1. The highest BCUT2D eigenvalue weighted by Crippen LogP contribution is 2.29. The Bertz CT molecular complexity index is 1330. The molecule has 0 amide bonds. The molecule has 1 aliphatic rings. The summed E-state index contributed by atoms with van der Waals surface area (Å²) in [6.07, 6.45) is 9.80. The Kier molecular flexibility index (Phi) is 6.85. The number of nitrogens with zero attached hydrogens (tertiary/aromatic N) is 6. The second kappa shape index (κ2) is 10.4. The highest BCUT2D eigenvalue weighted by Gasteiger charge is 2.27. The maximum atomic E-state index is 13.5. The molecule has 2 unspecified atom stereocenters. The molecule has 9 heteroatoms. The Morgan fingerprint density at radius 1 is 1.11 bits per heavy atom. The second-order valence-corrected chi connectivity index (χ2v) is 9.27. The molecular formula is C26H31N7O2. The van der Waals surface area contributed by atoms with Crippen LogP contribution >= 0.6 is 0 Å². The summed E-state index contributed by atoms with van der Waals surface area (Å²) in [4.78, 5) is 18.1. The number of nitrogens with one attached hydrogen (secondary N) is 1. The van der Waals surface area contributed by atoms with E-state index in [0.717, 1.165) is 73.0 Å². The summed E-state index contributed by atoms with van der Waals surface area (Å²) < 4.78 is 3.60. The molecule has 9 nitrogen and oxygen atoms in total. The molecule has 0 saturated heterocycles. The van der Waals surface area contributed by atoms with Crippen molar-refractivity contribution in [3.63, 3.8) is 0 Å². The number of rotatable bonds is 8. The molecule has 1 fully saturated rings. The lowest BCUT2D eigenvalue weighted by Crippen LogP contribution is -2.35. The molecule has 5 rings (SSSR count). The van der Waals surface area contributed by atoms with Gasteiger partial charge in [0.05, 0.1) is 24.4 Å². The number of tetrazole rings is 1. The molecule has 1 saturated carbocycles. The van der Waals surface area contributed by atoms with Crippen molar-refractivity contribution in [3.05, 3.63) is 70.7 Å². The molecule has 3 aromatic heterocycles. The number of aliphatic hydroxyl groups excluding tert-OH is 1. The number of hydrogen-bond donors (Lipinski definition) is 2. The number of aromatic nitrogens is 7. The van der Waals surface area contributed by atoms with Crippen molar-refractivity contribution in [2.24, 2.45) is 0 Å². The van der Waals surface area contributed by atoms with Crippen LogP contribution in [0.4, 0.5) is 0 Å². The standard InChI is InChI=1S/C26H31N7O2/c1-2-3-9-22-17-33(23-10-4-5-11-24(23)34)26(35)32(22)16-21-15-19(12-13-27-21)18-7-6-8-20(14-18)25-28-30-31-29-25/h6-8,12-15,17,23-24,34H,2-5,9-11,16H2,1H3,(H,28,29,30,31). The maximum absolute atomic E-state index is 13.5. The van der Waals surface area contributed by atoms with E-state index in [1.165, 1.54) is 0 Å². The Morgan fingerprint density at radius 3 is 2.74 bits per heavy atom. The Morgan fingerprint density at radius 2 is 1.94 bits per heavy atom. The van der Waals surface area contributed by atoms with Gasteiger partial charge in [-0.1, -0.05) is 44.4 Å². The Balaban J connectivity index is 1.46. The van der Waals surface area contributed by atoms with Gasteiger partial charge in [-0.15, -0.1) is 10.2 Å². The fourth-order valence-corrected chi connectivity index (χ4v) is 4.96. The van der Waals surface area contributed by atoms with Gasteiger partial charge < -0.3 is 5.11 Å². The van der Waals surface area contributed by atoms with Gasteiger partial charge in [-0.3, -0.25) is 14.1 Å². The smallest absolute Gasteiger partial charge is 0.329 e. The zero-order chi connectivity index (χ0) is 24.2. The van der Waals surface area contributed by atoms with Crippen LogP contribution in [-0.4, -0.2) is 46.0 Å². The minimum absolute atomic E-state index is 0.0617. The van der Waals surface area contributed by atoms with Crippen molar-refractivity contribution in [1.82, 2.24) is 34.7 Å². The van der Waals surface area contributed by atoms with Gasteiger partial charge in [-0.25, -0.2) is 4.79 Å². The summed E-state index contributed by atoms with van der Waals surface area (Å²) in [5, 5.41) is 24.8. The first-order valence-corrected chi connectivity index (χ1v) is 12.4. The van der Waals surface area contributed by atoms with Crippen molar-refractivity contribution in [1.29, 1.82) is 0 Å². The van der Waals surface area contributed by atoms with E-state index in [1.54, 1.807) is 10.8 Å². The fourth-order valence-electron chi connectivity index (χ4n) is 4.96. The molecule has 35 heavy (non-hydrogen) atoms. The van der Waals surface area contributed by atoms with E-state index in [4.69, 9.17) is 0 Å². The third kappa shape index (κ3) is 4.95. The van der Waals surface area contributed by atoms with Crippen LogP contribution in [0.5, 0.6) is 0 Å². The van der Waals surface area contributed by atoms with E-state index in [9.17, 15) is 9.90 Å². The predicted molar refractivity (Wildman–Crippen MR) is 133 cm³/mol. The minimum Gasteiger partial charge on any atom is -0.391 e. The highest BCUT2D eigenvalue weighted by atomic mass is 16.3. The van der Waals surface area contributed by atoms with Crippen molar-refractivity contribution in [2.45, 2.75) is 70.6 Å². The molecule has 2 N–H and O–H groups in total. The van der Waals surface area contributed by atoms with Gasteiger partial charge in [0.15, 0.2) is 0 Å². The Hall–Kier alpha value is -3.59. The van der Waals surface area contributed by atoms with E-state index in [-0.39, 0.29) is 11.7 Å². The summed E-state index contributed by atoms with van der Waals surface area (Å²) in [5.41, 5.74) is 4.64. The van der Waals surface area contributed by atoms with E-state index >= 15 is 0 Å². The Labute approximate surface area is 203 Å². The predicted octanol–water partition coefficient (Wildman–Crippen LogP) is 3.76. The molecule has 1 aliphatic carbocycles. The molecule has 0 bridgehead atoms. The first-order valence-electron chi connectivity index (χ1n) is 12.4. The SMILES string of the molecule is CCCCc1cn(C2CCCCC2O)c(=O)n1Cc1cc(-c2cccc(-c3nn[nH]n3)c2)ccn1. The van der Waals surface area contributed by atoms with Gasteiger partial charge in [0.25, 0.3) is 0 Å². The second-order valence-electron chi connectivity index (χ2n) is 9.27. The van der Waals surface area contributed by atoms with Crippen LogP contribution in [0.15, 0.2) is 53.6 Å². The molecule has 3 heterocycles.